The number of H-pyrrole nitrogens is 1. The van der Waals surface area contributed by atoms with Gasteiger partial charge in [0.25, 0.3) is 5.56 Å². The van der Waals surface area contributed by atoms with Gasteiger partial charge in [0.05, 0.1) is 11.8 Å². The number of amides is 1. The molecule has 33 heavy (non-hydrogen) atoms. The minimum absolute atomic E-state index is 0.0566. The first-order valence-electron chi connectivity index (χ1n) is 10.8. The van der Waals surface area contributed by atoms with Crippen molar-refractivity contribution in [1.29, 1.82) is 0 Å². The van der Waals surface area contributed by atoms with Crippen LogP contribution in [0.15, 0.2) is 64.8 Å². The van der Waals surface area contributed by atoms with E-state index in [1.165, 1.54) is 21.6 Å². The summed E-state index contributed by atoms with van der Waals surface area (Å²) in [6, 6.07) is 18.5. The van der Waals surface area contributed by atoms with Crippen LogP contribution in [0.3, 0.4) is 0 Å². The van der Waals surface area contributed by atoms with E-state index in [0.717, 1.165) is 21.4 Å². The number of aryl methyl sites for hydroxylation is 1. The summed E-state index contributed by atoms with van der Waals surface area (Å²) in [6.45, 7) is 5.12. The maximum Gasteiger partial charge on any atom is 0.260 e. The molecule has 5 rings (SSSR count). The molecule has 0 unspecified atom stereocenters. The predicted molar refractivity (Wildman–Crippen MR) is 137 cm³/mol. The topological polar surface area (TPSA) is 66.1 Å². The van der Waals surface area contributed by atoms with Gasteiger partial charge >= 0.3 is 0 Å². The van der Waals surface area contributed by atoms with Crippen molar-refractivity contribution in [2.24, 2.45) is 0 Å². The van der Waals surface area contributed by atoms with Crippen molar-refractivity contribution in [2.75, 3.05) is 6.54 Å². The fraction of sp³-hybridized carbons (Fsp3) is 0.192. The molecule has 0 fully saturated rings. The van der Waals surface area contributed by atoms with Crippen LogP contribution in [0, 0.1) is 6.92 Å². The lowest BCUT2D eigenvalue weighted by atomic mass is 10.1. The maximum atomic E-state index is 13.1. The summed E-state index contributed by atoms with van der Waals surface area (Å²) < 4.78 is 0. The lowest BCUT2D eigenvalue weighted by molar-refractivity contribution is -0.131. The number of carbonyl (C=O) groups is 1. The van der Waals surface area contributed by atoms with Crippen molar-refractivity contribution >= 4 is 49.6 Å². The Kier molecular flexibility index (Phi) is 5.83. The van der Waals surface area contributed by atoms with Crippen molar-refractivity contribution in [3.05, 3.63) is 86.6 Å². The van der Waals surface area contributed by atoms with Gasteiger partial charge in [0.1, 0.15) is 10.7 Å². The Labute approximate surface area is 199 Å². The predicted octanol–water partition coefficient (Wildman–Crippen LogP) is 5.77. The van der Waals surface area contributed by atoms with E-state index in [9.17, 15) is 9.59 Å². The molecule has 1 amide bonds. The van der Waals surface area contributed by atoms with Gasteiger partial charge in [-0.1, -0.05) is 36.4 Å². The fourth-order valence-electron chi connectivity index (χ4n) is 4.03. The molecule has 7 heteroatoms. The van der Waals surface area contributed by atoms with E-state index in [2.05, 4.69) is 40.3 Å². The monoisotopic (exact) mass is 473 g/mol. The van der Waals surface area contributed by atoms with E-state index in [0.29, 0.717) is 29.1 Å². The SMILES string of the molecule is CCN(Cc1ccc2ccccc2c1)C(=O)Cc1nc2scc(-c3ccc(C)s3)c2c(=O)[nH]1. The average Bonchev–Trinajstić information content (AvgIpc) is 3.43. The van der Waals surface area contributed by atoms with Crippen molar-refractivity contribution in [1.82, 2.24) is 14.9 Å². The Hall–Kier alpha value is -3.29. The normalized spacial score (nSPS) is 11.3. The van der Waals surface area contributed by atoms with Crippen LogP contribution in [0.4, 0.5) is 0 Å². The maximum absolute atomic E-state index is 13.1. The highest BCUT2D eigenvalue weighted by molar-refractivity contribution is 7.19. The third-order valence-corrected chi connectivity index (χ3v) is 7.65. The van der Waals surface area contributed by atoms with Gasteiger partial charge in [-0.25, -0.2) is 4.98 Å². The summed E-state index contributed by atoms with van der Waals surface area (Å²) in [6.07, 6.45) is 0.0674. The summed E-state index contributed by atoms with van der Waals surface area (Å²) in [7, 11) is 0. The lowest BCUT2D eigenvalue weighted by Crippen LogP contribution is -2.32. The first-order valence-corrected chi connectivity index (χ1v) is 12.5. The molecule has 2 aromatic carbocycles. The molecule has 0 spiro atoms. The number of hydrogen-bond donors (Lipinski definition) is 1. The molecule has 0 aliphatic heterocycles. The zero-order chi connectivity index (χ0) is 22.9. The Balaban J connectivity index is 1.37. The average molecular weight is 474 g/mol. The molecule has 0 aliphatic carbocycles. The van der Waals surface area contributed by atoms with Gasteiger partial charge in [-0.15, -0.1) is 22.7 Å². The summed E-state index contributed by atoms with van der Waals surface area (Å²) in [5, 5.41) is 4.91. The smallest absolute Gasteiger partial charge is 0.260 e. The van der Waals surface area contributed by atoms with Crippen LogP contribution in [0.25, 0.3) is 31.4 Å². The number of aromatic nitrogens is 2. The van der Waals surface area contributed by atoms with Gasteiger partial charge in [0.15, 0.2) is 0 Å². The number of likely N-dealkylation sites (N-methyl/N-ethyl adjacent to an activating group) is 1. The highest BCUT2D eigenvalue weighted by Gasteiger charge is 2.18. The molecule has 166 valence electrons. The van der Waals surface area contributed by atoms with Crippen LogP contribution >= 0.6 is 22.7 Å². The lowest BCUT2D eigenvalue weighted by Gasteiger charge is -2.21. The molecule has 0 radical (unpaired) electrons. The van der Waals surface area contributed by atoms with Crippen LogP contribution in [0.1, 0.15) is 23.2 Å². The third kappa shape index (κ3) is 4.34. The third-order valence-electron chi connectivity index (χ3n) is 5.74. The minimum atomic E-state index is -0.192. The molecule has 0 saturated carbocycles. The van der Waals surface area contributed by atoms with Crippen LogP contribution in [-0.4, -0.2) is 27.3 Å². The minimum Gasteiger partial charge on any atom is -0.338 e. The number of fused-ring (bicyclic) bond motifs is 2. The first-order chi connectivity index (χ1) is 16.0. The standard InChI is InChI=1S/C26H23N3O2S2/c1-3-29(14-17-9-10-18-6-4-5-7-19(18)12-17)23(30)13-22-27-25(31)24-20(15-32-26(24)28-22)21-11-8-16(2)33-21/h4-12,15H,3,13-14H2,1-2H3,(H,27,28,31). The van der Waals surface area contributed by atoms with Gasteiger partial charge in [-0.2, -0.15) is 0 Å². The van der Waals surface area contributed by atoms with E-state index >= 15 is 0 Å². The van der Waals surface area contributed by atoms with Crippen LogP contribution in [0.5, 0.6) is 0 Å². The molecule has 3 heterocycles. The number of nitrogens with zero attached hydrogens (tertiary/aromatic N) is 2. The van der Waals surface area contributed by atoms with Gasteiger partial charge in [-0.05, 0) is 48.4 Å². The summed E-state index contributed by atoms with van der Waals surface area (Å²) in [5.41, 5.74) is 1.80. The molecule has 5 aromatic rings. The molecule has 0 bridgehead atoms. The summed E-state index contributed by atoms with van der Waals surface area (Å²) >= 11 is 3.10. The van der Waals surface area contributed by atoms with Crippen molar-refractivity contribution in [2.45, 2.75) is 26.8 Å². The quantitative estimate of drug-likeness (QED) is 0.341. The number of carbonyl (C=O) groups excluding carboxylic acids is 1. The number of hydrogen-bond acceptors (Lipinski definition) is 5. The Morgan fingerprint density at radius 3 is 2.67 bits per heavy atom. The number of rotatable bonds is 6. The molecular weight excluding hydrogens is 450 g/mol. The highest BCUT2D eigenvalue weighted by atomic mass is 32.1. The van der Waals surface area contributed by atoms with E-state index in [-0.39, 0.29) is 17.9 Å². The van der Waals surface area contributed by atoms with Crippen LogP contribution < -0.4 is 5.56 Å². The molecule has 5 nitrogen and oxygen atoms in total. The van der Waals surface area contributed by atoms with Gasteiger partial charge in [0.2, 0.25) is 5.91 Å². The van der Waals surface area contributed by atoms with E-state index in [1.807, 2.05) is 43.5 Å². The van der Waals surface area contributed by atoms with E-state index in [4.69, 9.17) is 0 Å². The number of benzene rings is 2. The molecule has 0 atom stereocenters. The highest BCUT2D eigenvalue weighted by Crippen LogP contribution is 2.35. The molecule has 0 saturated heterocycles. The number of aromatic amines is 1. The van der Waals surface area contributed by atoms with E-state index < -0.39 is 0 Å². The van der Waals surface area contributed by atoms with Gasteiger partial charge in [0, 0.05) is 33.8 Å². The number of thiophene rings is 2. The molecule has 1 N–H and O–H groups in total. The fourth-order valence-corrected chi connectivity index (χ4v) is 5.95. The summed E-state index contributed by atoms with van der Waals surface area (Å²) in [4.78, 5) is 38.1. The van der Waals surface area contributed by atoms with Crippen molar-refractivity contribution < 1.29 is 4.79 Å². The zero-order valence-corrected chi connectivity index (χ0v) is 20.1. The first kappa shape index (κ1) is 21.6. The molecule has 0 aliphatic rings. The van der Waals surface area contributed by atoms with Gasteiger partial charge < -0.3 is 9.88 Å². The zero-order valence-electron chi connectivity index (χ0n) is 18.4. The van der Waals surface area contributed by atoms with Crippen LogP contribution in [0.2, 0.25) is 0 Å². The summed E-state index contributed by atoms with van der Waals surface area (Å²) in [5.74, 6) is 0.351. The Morgan fingerprint density at radius 1 is 1.09 bits per heavy atom. The molecule has 3 aromatic heterocycles. The Bertz CT molecular complexity index is 1530. The van der Waals surface area contributed by atoms with Crippen LogP contribution in [-0.2, 0) is 17.8 Å². The number of nitrogens with one attached hydrogen (secondary N) is 1. The Morgan fingerprint density at radius 2 is 1.91 bits per heavy atom. The van der Waals surface area contributed by atoms with Crippen molar-refractivity contribution in [3.63, 3.8) is 0 Å². The van der Waals surface area contributed by atoms with Gasteiger partial charge in [-0.3, -0.25) is 9.59 Å². The second-order valence-electron chi connectivity index (χ2n) is 8.02. The van der Waals surface area contributed by atoms with E-state index in [1.54, 1.807) is 16.2 Å². The molecular formula is C26H23N3O2S2. The largest absolute Gasteiger partial charge is 0.338 e. The second kappa shape index (κ2) is 8.92. The van der Waals surface area contributed by atoms with Crippen molar-refractivity contribution in [3.8, 4) is 10.4 Å². The second-order valence-corrected chi connectivity index (χ2v) is 10.2.